The Morgan fingerprint density at radius 2 is 1.50 bits per heavy atom. The Balaban J connectivity index is 1.15. The van der Waals surface area contributed by atoms with Crippen molar-refractivity contribution in [3.63, 3.8) is 0 Å². The number of fused-ring (bicyclic) bond motifs is 3. The molecule has 3 saturated heterocycles. The molecule has 0 radical (unpaired) electrons. The molecule has 0 bridgehead atoms. The number of aromatic nitrogens is 4. The van der Waals surface area contributed by atoms with Crippen molar-refractivity contribution in [1.82, 2.24) is 40.6 Å². The van der Waals surface area contributed by atoms with E-state index < -0.39 is 5.41 Å². The van der Waals surface area contributed by atoms with Gasteiger partial charge in [-0.1, -0.05) is 12.1 Å². The standard InChI is InChI=1S/C36H41N9O5/c37-21-28-19-27-20-31(27)45(28)32(46)22-38-8-7-36(35-39-41-42-40-35)29-5-3-25(33(47)43-9-13-49-14-10-43)17-23(29)1-2-24-18-26(4-6-30(24)36)34(48)44-11-15-50-16-12-44/h3-6,17-18,27-28,31,38H,1-2,7-16,19-20,22H2,(H,39,40,41,42)/t27-,28+,31+/m1/s1. The van der Waals surface area contributed by atoms with Gasteiger partial charge < -0.3 is 29.5 Å². The topological polar surface area (TPSA) is 170 Å². The Morgan fingerprint density at radius 3 is 2.04 bits per heavy atom. The van der Waals surface area contributed by atoms with Gasteiger partial charge in [-0.25, -0.2) is 5.10 Å². The van der Waals surface area contributed by atoms with E-state index in [-0.39, 0.29) is 36.3 Å². The van der Waals surface area contributed by atoms with Crippen molar-refractivity contribution < 1.29 is 23.9 Å². The van der Waals surface area contributed by atoms with Crippen LogP contribution in [0, 0.1) is 17.2 Å². The van der Waals surface area contributed by atoms with E-state index in [2.05, 4.69) is 32.0 Å². The molecular formula is C36H41N9O5. The summed E-state index contributed by atoms with van der Waals surface area (Å²) in [6, 6.07) is 13.9. The maximum absolute atomic E-state index is 13.6. The number of nitriles is 1. The van der Waals surface area contributed by atoms with Crippen LogP contribution in [0.5, 0.6) is 0 Å². The van der Waals surface area contributed by atoms with E-state index in [1.807, 2.05) is 46.2 Å². The summed E-state index contributed by atoms with van der Waals surface area (Å²) in [5.41, 5.74) is 4.29. The molecule has 0 spiro atoms. The molecule has 14 nitrogen and oxygen atoms in total. The van der Waals surface area contributed by atoms with E-state index in [9.17, 15) is 19.6 Å². The molecule has 4 fully saturated rings. The molecule has 1 aromatic heterocycles. The molecule has 4 heterocycles. The Morgan fingerprint density at radius 1 is 0.900 bits per heavy atom. The lowest BCUT2D eigenvalue weighted by atomic mass is 9.69. The molecular weight excluding hydrogens is 638 g/mol. The van der Waals surface area contributed by atoms with Crippen LogP contribution in [0.2, 0.25) is 0 Å². The average Bonchev–Trinajstić information content (AvgIpc) is 3.54. The average molecular weight is 680 g/mol. The monoisotopic (exact) mass is 679 g/mol. The zero-order valence-electron chi connectivity index (χ0n) is 28.0. The van der Waals surface area contributed by atoms with E-state index >= 15 is 0 Å². The number of carbonyl (C=O) groups excluding carboxylic acids is 3. The number of amides is 3. The predicted octanol–water partition coefficient (Wildman–Crippen LogP) is 1.07. The highest BCUT2D eigenvalue weighted by Gasteiger charge is 2.54. The van der Waals surface area contributed by atoms with Crippen LogP contribution in [0.25, 0.3) is 0 Å². The van der Waals surface area contributed by atoms with Crippen LogP contribution in [0.4, 0.5) is 0 Å². The number of hydrogen-bond donors (Lipinski definition) is 2. The molecule has 50 heavy (non-hydrogen) atoms. The first-order valence-electron chi connectivity index (χ1n) is 17.6. The Kier molecular flexibility index (Phi) is 8.80. The number of morpholine rings is 2. The fraction of sp³-hybridized carbons (Fsp3) is 0.528. The number of carbonyl (C=O) groups is 3. The van der Waals surface area contributed by atoms with Crippen molar-refractivity contribution in [2.45, 2.75) is 49.6 Å². The molecule has 1 saturated carbocycles. The molecule has 14 heteroatoms. The van der Waals surface area contributed by atoms with Gasteiger partial charge in [0.15, 0.2) is 5.82 Å². The minimum absolute atomic E-state index is 0.0288. The number of tetrazole rings is 1. The van der Waals surface area contributed by atoms with E-state index in [1.54, 1.807) is 4.90 Å². The third-order valence-electron chi connectivity index (χ3n) is 11.1. The van der Waals surface area contributed by atoms with Gasteiger partial charge in [0, 0.05) is 43.3 Å². The number of aryl methyl sites for hydroxylation is 2. The number of hydrogen-bond acceptors (Lipinski definition) is 10. The van der Waals surface area contributed by atoms with Gasteiger partial charge in [0.1, 0.15) is 6.04 Å². The zero-order chi connectivity index (χ0) is 34.2. The van der Waals surface area contributed by atoms with Gasteiger partial charge in [-0.2, -0.15) is 5.26 Å². The van der Waals surface area contributed by atoms with Crippen LogP contribution in [-0.2, 0) is 32.5 Å². The van der Waals surface area contributed by atoms with Crippen molar-refractivity contribution >= 4 is 17.7 Å². The number of benzene rings is 2. The molecule has 3 amide bonds. The number of aromatic amines is 1. The van der Waals surface area contributed by atoms with Gasteiger partial charge in [0.2, 0.25) is 5.91 Å². The quantitative estimate of drug-likeness (QED) is 0.329. The molecule has 260 valence electrons. The first kappa shape index (κ1) is 32.5. The normalized spacial score (nSPS) is 23.7. The number of rotatable bonds is 8. The maximum atomic E-state index is 13.6. The first-order valence-corrected chi connectivity index (χ1v) is 17.6. The SMILES string of the molecule is N#C[C@@H]1C[C@@H]2C[C@@H]2N1C(=O)CNCCC1(c2nnn[nH]2)c2ccc(C(=O)N3CCOCC3)cc2CCc2cc(C(=O)N3CCOCC3)ccc21. The second-order valence-corrected chi connectivity index (χ2v) is 13.9. The highest BCUT2D eigenvalue weighted by Crippen LogP contribution is 2.48. The molecule has 3 aliphatic heterocycles. The lowest BCUT2D eigenvalue weighted by Crippen LogP contribution is -2.44. The Bertz CT molecular complexity index is 1730. The number of likely N-dealkylation sites (tertiary alicyclic amines) is 1. The summed E-state index contributed by atoms with van der Waals surface area (Å²) < 4.78 is 11.0. The van der Waals surface area contributed by atoms with Crippen LogP contribution in [-0.4, -0.2) is 131 Å². The molecule has 5 aliphatic rings. The minimum Gasteiger partial charge on any atom is -0.378 e. The summed E-state index contributed by atoms with van der Waals surface area (Å²) in [6.45, 7) is 4.82. The summed E-state index contributed by atoms with van der Waals surface area (Å²) in [5, 5.41) is 28.6. The van der Waals surface area contributed by atoms with Gasteiger partial charge >= 0.3 is 0 Å². The number of H-pyrrole nitrogens is 1. The van der Waals surface area contributed by atoms with Gasteiger partial charge in [0.25, 0.3) is 11.8 Å². The highest BCUT2D eigenvalue weighted by atomic mass is 16.5. The van der Waals surface area contributed by atoms with Crippen molar-refractivity contribution in [2.75, 3.05) is 65.7 Å². The number of ether oxygens (including phenoxy) is 2. The van der Waals surface area contributed by atoms with Crippen LogP contribution in [0.15, 0.2) is 36.4 Å². The molecule has 3 atom stereocenters. The smallest absolute Gasteiger partial charge is 0.254 e. The number of piperidine rings is 1. The van der Waals surface area contributed by atoms with Crippen molar-refractivity contribution in [2.24, 2.45) is 5.92 Å². The summed E-state index contributed by atoms with van der Waals surface area (Å²) in [6.07, 6.45) is 3.51. The summed E-state index contributed by atoms with van der Waals surface area (Å²) in [7, 11) is 0. The van der Waals surface area contributed by atoms with Gasteiger partial charge in [-0.05, 0) is 102 Å². The third-order valence-corrected chi connectivity index (χ3v) is 11.1. The van der Waals surface area contributed by atoms with E-state index in [0.717, 1.165) is 35.1 Å². The van der Waals surface area contributed by atoms with E-state index in [4.69, 9.17) is 9.47 Å². The molecule has 2 N–H and O–H groups in total. The van der Waals surface area contributed by atoms with E-state index in [1.165, 1.54) is 0 Å². The third kappa shape index (κ3) is 5.82. The Hall–Kier alpha value is -4.71. The second-order valence-electron chi connectivity index (χ2n) is 13.9. The van der Waals surface area contributed by atoms with Crippen molar-refractivity contribution in [3.05, 3.63) is 75.6 Å². The van der Waals surface area contributed by atoms with Crippen LogP contribution >= 0.6 is 0 Å². The lowest BCUT2D eigenvalue weighted by molar-refractivity contribution is -0.131. The molecule has 3 aromatic rings. The van der Waals surface area contributed by atoms with Crippen LogP contribution in [0.3, 0.4) is 0 Å². The Labute approximate surface area is 290 Å². The molecule has 2 aromatic carbocycles. The minimum atomic E-state index is -0.883. The lowest BCUT2D eigenvalue weighted by Gasteiger charge is -2.35. The highest BCUT2D eigenvalue weighted by molar-refractivity contribution is 5.95. The fourth-order valence-electron chi connectivity index (χ4n) is 8.49. The van der Waals surface area contributed by atoms with E-state index in [0.29, 0.717) is 101 Å². The summed E-state index contributed by atoms with van der Waals surface area (Å²) >= 11 is 0. The van der Waals surface area contributed by atoms with Crippen LogP contribution in [0.1, 0.15) is 68.1 Å². The first-order chi connectivity index (χ1) is 24.5. The van der Waals surface area contributed by atoms with Crippen molar-refractivity contribution in [1.29, 1.82) is 5.26 Å². The number of nitrogens with zero attached hydrogens (tertiary/aromatic N) is 7. The van der Waals surface area contributed by atoms with Crippen molar-refractivity contribution in [3.8, 4) is 6.07 Å². The maximum Gasteiger partial charge on any atom is 0.254 e. The molecule has 2 aliphatic carbocycles. The van der Waals surface area contributed by atoms with Gasteiger partial charge in [0.05, 0.1) is 44.5 Å². The van der Waals surface area contributed by atoms with Gasteiger partial charge in [-0.3, -0.25) is 14.4 Å². The van der Waals surface area contributed by atoms with Crippen LogP contribution < -0.4 is 5.32 Å². The summed E-state index contributed by atoms with van der Waals surface area (Å²) in [5.74, 6) is 0.873. The zero-order valence-corrected chi connectivity index (χ0v) is 28.0. The molecule has 8 rings (SSSR count). The summed E-state index contributed by atoms with van der Waals surface area (Å²) in [4.78, 5) is 46.0. The van der Waals surface area contributed by atoms with Gasteiger partial charge in [-0.15, -0.1) is 5.10 Å². The fourth-order valence-corrected chi connectivity index (χ4v) is 8.49. The predicted molar refractivity (Wildman–Crippen MR) is 178 cm³/mol. The largest absolute Gasteiger partial charge is 0.378 e. The second kappa shape index (κ2) is 13.5. The molecule has 0 unspecified atom stereocenters. The number of nitrogens with one attached hydrogen (secondary N) is 2.